The number of nitrogens with one attached hydrogen (secondary N) is 1. The molecule has 1 atom stereocenters. The predicted octanol–water partition coefficient (Wildman–Crippen LogP) is 4.63. The van der Waals surface area contributed by atoms with Crippen LogP contribution in [0.15, 0.2) is 48.0 Å². The van der Waals surface area contributed by atoms with Gasteiger partial charge in [0.05, 0.1) is 11.7 Å². The highest BCUT2D eigenvalue weighted by Crippen LogP contribution is 2.33. The zero-order valence-electron chi connectivity index (χ0n) is 12.5. The summed E-state index contributed by atoms with van der Waals surface area (Å²) in [6.45, 7) is 4.23. The Bertz CT molecular complexity index is 728. The normalized spacial score (nSPS) is 12.3. The molecule has 3 aromatic rings. The molecule has 1 aromatic carbocycles. The number of hydrogen-bond acceptors (Lipinski definition) is 3. The van der Waals surface area contributed by atoms with Gasteiger partial charge in [-0.15, -0.1) is 11.3 Å². The summed E-state index contributed by atoms with van der Waals surface area (Å²) in [4.78, 5) is 1.29. The van der Waals surface area contributed by atoms with Crippen LogP contribution in [0.25, 0.3) is 10.4 Å². The number of rotatable bonds is 4. The highest BCUT2D eigenvalue weighted by molar-refractivity contribution is 7.13. The van der Waals surface area contributed by atoms with Crippen LogP contribution in [0.4, 0.5) is 5.69 Å². The summed E-state index contributed by atoms with van der Waals surface area (Å²) in [7, 11) is 1.96. The van der Waals surface area contributed by atoms with E-state index >= 15 is 0 Å². The molecular formula is C17H19N3S. The summed E-state index contributed by atoms with van der Waals surface area (Å²) in [5.41, 5.74) is 4.72. The fourth-order valence-electron chi connectivity index (χ4n) is 2.61. The number of aryl methyl sites for hydroxylation is 2. The Morgan fingerprint density at radius 3 is 2.67 bits per heavy atom. The molecule has 1 N–H and O–H groups in total. The van der Waals surface area contributed by atoms with E-state index in [0.717, 1.165) is 11.4 Å². The monoisotopic (exact) mass is 297 g/mol. The van der Waals surface area contributed by atoms with Gasteiger partial charge in [-0.3, -0.25) is 4.68 Å². The van der Waals surface area contributed by atoms with E-state index in [4.69, 9.17) is 0 Å². The number of hydrogen-bond donors (Lipinski definition) is 1. The van der Waals surface area contributed by atoms with Crippen molar-refractivity contribution >= 4 is 17.0 Å². The van der Waals surface area contributed by atoms with E-state index in [2.05, 4.69) is 72.2 Å². The van der Waals surface area contributed by atoms with Crippen LogP contribution in [0.3, 0.4) is 0 Å². The Hall–Kier alpha value is -2.07. The third kappa shape index (κ3) is 2.85. The third-order valence-electron chi connectivity index (χ3n) is 3.60. The predicted molar refractivity (Wildman–Crippen MR) is 89.7 cm³/mol. The summed E-state index contributed by atoms with van der Waals surface area (Å²) in [6.07, 6.45) is 2.08. The quantitative estimate of drug-likeness (QED) is 0.761. The fraction of sp³-hybridized carbons (Fsp3) is 0.235. The zero-order chi connectivity index (χ0) is 14.8. The number of benzene rings is 1. The van der Waals surface area contributed by atoms with Gasteiger partial charge in [-0.25, -0.2) is 0 Å². The van der Waals surface area contributed by atoms with Gasteiger partial charge >= 0.3 is 0 Å². The topological polar surface area (TPSA) is 29.9 Å². The number of thiophene rings is 1. The van der Waals surface area contributed by atoms with Crippen molar-refractivity contribution in [3.8, 4) is 10.4 Å². The maximum atomic E-state index is 4.42. The Morgan fingerprint density at radius 2 is 2.00 bits per heavy atom. The molecule has 0 amide bonds. The molecule has 0 aliphatic rings. The minimum atomic E-state index is 0.222. The lowest BCUT2D eigenvalue weighted by atomic mass is 10.1. The van der Waals surface area contributed by atoms with Crippen LogP contribution in [0.1, 0.15) is 24.2 Å². The van der Waals surface area contributed by atoms with Gasteiger partial charge < -0.3 is 5.32 Å². The smallest absolute Gasteiger partial charge is 0.0646 e. The van der Waals surface area contributed by atoms with Crippen LogP contribution in [-0.2, 0) is 7.05 Å². The van der Waals surface area contributed by atoms with E-state index in [9.17, 15) is 0 Å². The van der Waals surface area contributed by atoms with Crippen molar-refractivity contribution in [1.82, 2.24) is 9.78 Å². The van der Waals surface area contributed by atoms with Crippen LogP contribution >= 0.6 is 11.3 Å². The van der Waals surface area contributed by atoms with Crippen LogP contribution in [0.2, 0.25) is 0 Å². The first-order valence-corrected chi connectivity index (χ1v) is 7.92. The zero-order valence-corrected chi connectivity index (χ0v) is 13.3. The van der Waals surface area contributed by atoms with Gasteiger partial charge in [-0.1, -0.05) is 24.3 Å². The van der Waals surface area contributed by atoms with Gasteiger partial charge in [-0.2, -0.15) is 5.10 Å². The Labute approximate surface area is 129 Å². The van der Waals surface area contributed by atoms with Crippen LogP contribution in [-0.4, -0.2) is 9.78 Å². The first-order chi connectivity index (χ1) is 10.1. The number of aromatic nitrogens is 2. The molecule has 0 aliphatic heterocycles. The number of para-hydroxylation sites is 1. The average molecular weight is 297 g/mol. The largest absolute Gasteiger partial charge is 0.378 e. The first kappa shape index (κ1) is 13.9. The second-order valence-electron chi connectivity index (χ2n) is 5.23. The number of nitrogens with zero attached hydrogens (tertiary/aromatic N) is 2. The highest BCUT2D eigenvalue weighted by Gasteiger charge is 2.13. The molecular weight excluding hydrogens is 278 g/mol. The molecule has 108 valence electrons. The molecule has 1 unspecified atom stereocenters. The van der Waals surface area contributed by atoms with Crippen molar-refractivity contribution in [3.63, 3.8) is 0 Å². The molecule has 0 aliphatic carbocycles. The first-order valence-electron chi connectivity index (χ1n) is 7.04. The lowest BCUT2D eigenvalue weighted by Crippen LogP contribution is -2.07. The summed E-state index contributed by atoms with van der Waals surface area (Å²) >= 11 is 1.76. The molecule has 0 radical (unpaired) electrons. The van der Waals surface area contributed by atoms with Gasteiger partial charge in [0.15, 0.2) is 0 Å². The molecule has 3 nitrogen and oxygen atoms in total. The Balaban J connectivity index is 1.90. The van der Waals surface area contributed by atoms with Crippen molar-refractivity contribution < 1.29 is 0 Å². The molecule has 4 heteroatoms. The van der Waals surface area contributed by atoms with E-state index in [1.165, 1.54) is 16.0 Å². The summed E-state index contributed by atoms with van der Waals surface area (Å²) < 4.78 is 1.87. The minimum absolute atomic E-state index is 0.222. The van der Waals surface area contributed by atoms with Gasteiger partial charge in [-0.05, 0) is 31.4 Å². The van der Waals surface area contributed by atoms with Crippen LogP contribution < -0.4 is 5.32 Å². The third-order valence-corrected chi connectivity index (χ3v) is 4.51. The molecule has 0 fully saturated rings. The van der Waals surface area contributed by atoms with Crippen LogP contribution in [0.5, 0.6) is 0 Å². The van der Waals surface area contributed by atoms with E-state index in [1.807, 2.05) is 11.7 Å². The molecule has 0 bridgehead atoms. The van der Waals surface area contributed by atoms with Gasteiger partial charge in [0, 0.05) is 34.9 Å². The summed E-state index contributed by atoms with van der Waals surface area (Å²) in [6, 6.07) is 12.9. The van der Waals surface area contributed by atoms with Crippen molar-refractivity contribution in [2.75, 3.05) is 5.32 Å². The van der Waals surface area contributed by atoms with E-state index < -0.39 is 0 Å². The van der Waals surface area contributed by atoms with Crippen molar-refractivity contribution in [1.29, 1.82) is 0 Å². The SMILES string of the molecule is Cc1nn(C)cc1C(C)Nc1ccccc1-c1cccs1. The maximum absolute atomic E-state index is 4.42. The molecule has 0 saturated carbocycles. The number of anilines is 1. The molecule has 2 heterocycles. The lowest BCUT2D eigenvalue weighted by molar-refractivity contribution is 0.756. The Kier molecular flexibility index (Phi) is 3.80. The van der Waals surface area contributed by atoms with Gasteiger partial charge in [0.1, 0.15) is 0 Å². The molecule has 3 rings (SSSR count). The van der Waals surface area contributed by atoms with E-state index in [0.29, 0.717) is 0 Å². The van der Waals surface area contributed by atoms with Crippen molar-refractivity contribution in [2.24, 2.45) is 7.05 Å². The van der Waals surface area contributed by atoms with E-state index in [1.54, 1.807) is 11.3 Å². The van der Waals surface area contributed by atoms with Crippen LogP contribution in [0, 0.1) is 6.92 Å². The maximum Gasteiger partial charge on any atom is 0.0646 e. The molecule has 0 saturated heterocycles. The highest BCUT2D eigenvalue weighted by atomic mass is 32.1. The summed E-state index contributed by atoms with van der Waals surface area (Å²) in [5, 5.41) is 10.2. The van der Waals surface area contributed by atoms with Gasteiger partial charge in [0.2, 0.25) is 0 Å². The second kappa shape index (κ2) is 5.74. The average Bonchev–Trinajstić information content (AvgIpc) is 3.09. The Morgan fingerprint density at radius 1 is 1.19 bits per heavy atom. The molecule has 0 spiro atoms. The van der Waals surface area contributed by atoms with Crippen molar-refractivity contribution in [3.05, 3.63) is 59.2 Å². The fourth-order valence-corrected chi connectivity index (χ4v) is 3.38. The lowest BCUT2D eigenvalue weighted by Gasteiger charge is -2.17. The van der Waals surface area contributed by atoms with E-state index in [-0.39, 0.29) is 6.04 Å². The summed E-state index contributed by atoms with van der Waals surface area (Å²) in [5.74, 6) is 0. The molecule has 2 aromatic heterocycles. The second-order valence-corrected chi connectivity index (χ2v) is 6.18. The van der Waals surface area contributed by atoms with Crippen molar-refractivity contribution in [2.45, 2.75) is 19.9 Å². The standard InChI is InChI=1S/C17H19N3S/c1-12(15-11-20(3)19-13(15)2)18-16-8-5-4-7-14(16)17-9-6-10-21-17/h4-12,18H,1-3H3. The minimum Gasteiger partial charge on any atom is -0.378 e. The van der Waals surface area contributed by atoms with Gasteiger partial charge in [0.25, 0.3) is 0 Å². The molecule has 21 heavy (non-hydrogen) atoms.